The van der Waals surface area contributed by atoms with E-state index in [-0.39, 0.29) is 0 Å². The van der Waals surface area contributed by atoms with Crippen LogP contribution in [0, 0.1) is 22.7 Å². The zero-order valence-electron chi connectivity index (χ0n) is 19.5. The van der Waals surface area contributed by atoms with Crippen molar-refractivity contribution in [1.82, 2.24) is 0 Å². The first-order valence-corrected chi connectivity index (χ1v) is 22.3. The lowest BCUT2D eigenvalue weighted by molar-refractivity contribution is 0.329. The van der Waals surface area contributed by atoms with Crippen LogP contribution in [0.25, 0.3) is 0 Å². The first kappa shape index (κ1) is 26.0. The summed E-state index contributed by atoms with van der Waals surface area (Å²) in [5, 5.41) is 18.2. The lowest BCUT2D eigenvalue weighted by atomic mass is 10.0. The summed E-state index contributed by atoms with van der Waals surface area (Å²) in [7, 11) is -8.05. The summed E-state index contributed by atoms with van der Waals surface area (Å²) in [5.74, 6) is 0. The zero-order chi connectivity index (χ0) is 22.5. The quantitative estimate of drug-likeness (QED) is 0.406. The summed E-state index contributed by atoms with van der Waals surface area (Å²) in [6, 6.07) is 10.7. The van der Waals surface area contributed by atoms with Crippen molar-refractivity contribution in [2.45, 2.75) is 77.8 Å². The Balaban J connectivity index is 2.66. The third-order valence-electron chi connectivity index (χ3n) is 4.13. The van der Waals surface area contributed by atoms with E-state index in [0.29, 0.717) is 11.1 Å². The standard InChI is InChI=1S/C20H36N2O3Si4/c1-26(2,3)23-28(6,7)25-29(8,9)24-27(4,5)14-10-11-18-12-13-19(16-21)20(15-18)17-22/h12-13,15H,10-11,14H2,1-9H3. The number of benzene rings is 1. The van der Waals surface area contributed by atoms with Crippen molar-refractivity contribution in [2.24, 2.45) is 0 Å². The van der Waals surface area contributed by atoms with E-state index in [1.807, 2.05) is 12.1 Å². The van der Waals surface area contributed by atoms with E-state index in [1.54, 1.807) is 6.07 Å². The zero-order valence-corrected chi connectivity index (χ0v) is 23.5. The number of rotatable bonds is 10. The Hall–Kier alpha value is -1.05. The van der Waals surface area contributed by atoms with E-state index in [9.17, 15) is 5.26 Å². The van der Waals surface area contributed by atoms with E-state index in [2.05, 4.69) is 71.1 Å². The van der Waals surface area contributed by atoms with Crippen molar-refractivity contribution < 1.29 is 12.3 Å². The van der Waals surface area contributed by atoms with Crippen LogP contribution < -0.4 is 0 Å². The predicted molar refractivity (Wildman–Crippen MR) is 128 cm³/mol. The smallest absolute Gasteiger partial charge is 0.312 e. The Morgan fingerprint density at radius 1 is 0.759 bits per heavy atom. The highest BCUT2D eigenvalue weighted by Crippen LogP contribution is 2.26. The van der Waals surface area contributed by atoms with Crippen LogP contribution in [0.3, 0.4) is 0 Å². The molecule has 0 heterocycles. The van der Waals surface area contributed by atoms with Gasteiger partial charge in [0.05, 0.1) is 11.1 Å². The Kier molecular flexibility index (Phi) is 8.81. The molecular formula is C20H36N2O3Si4. The van der Waals surface area contributed by atoms with Gasteiger partial charge in [-0.3, -0.25) is 0 Å². The summed E-state index contributed by atoms with van der Waals surface area (Å²) < 4.78 is 19.5. The van der Waals surface area contributed by atoms with Gasteiger partial charge in [0.1, 0.15) is 12.1 Å². The van der Waals surface area contributed by atoms with Crippen molar-refractivity contribution in [3.05, 3.63) is 34.9 Å². The van der Waals surface area contributed by atoms with Crippen molar-refractivity contribution in [3.63, 3.8) is 0 Å². The molecule has 1 aromatic rings. The van der Waals surface area contributed by atoms with Gasteiger partial charge in [-0.15, -0.1) is 0 Å². The molecule has 0 fully saturated rings. The van der Waals surface area contributed by atoms with E-state index >= 15 is 0 Å². The average molecular weight is 465 g/mol. The SMILES string of the molecule is C[Si](C)(C)O[Si](C)(C)O[Si](C)(C)O[Si](C)(C)CCCc1ccc(C#N)c(C#N)c1. The maximum absolute atomic E-state index is 9.19. The summed E-state index contributed by atoms with van der Waals surface area (Å²) in [6.45, 7) is 19.6. The molecule has 0 unspecified atom stereocenters. The Morgan fingerprint density at radius 3 is 1.83 bits per heavy atom. The molecule has 1 rings (SSSR count). The first-order valence-electron chi connectivity index (χ1n) is 10.1. The van der Waals surface area contributed by atoms with Crippen molar-refractivity contribution in [3.8, 4) is 12.1 Å². The van der Waals surface area contributed by atoms with Crippen LogP contribution in [0.4, 0.5) is 0 Å². The van der Waals surface area contributed by atoms with Crippen LogP contribution in [-0.4, -0.2) is 33.8 Å². The highest BCUT2D eigenvalue weighted by Gasteiger charge is 2.42. The molecule has 0 radical (unpaired) electrons. The predicted octanol–water partition coefficient (Wildman–Crippen LogP) is 5.86. The molecule has 5 nitrogen and oxygen atoms in total. The van der Waals surface area contributed by atoms with Crippen molar-refractivity contribution in [1.29, 1.82) is 10.5 Å². The maximum atomic E-state index is 9.19. The van der Waals surface area contributed by atoms with Crippen LogP contribution in [-0.2, 0) is 18.8 Å². The minimum atomic E-state index is -2.29. The van der Waals surface area contributed by atoms with Crippen LogP contribution in [0.2, 0.25) is 65.0 Å². The van der Waals surface area contributed by atoms with Gasteiger partial charge in [-0.1, -0.05) is 6.07 Å². The Labute approximate surface area is 181 Å². The number of hydrogen-bond acceptors (Lipinski definition) is 5. The number of hydrogen-bond donors (Lipinski definition) is 0. The molecule has 0 amide bonds. The van der Waals surface area contributed by atoms with Gasteiger partial charge >= 0.3 is 17.1 Å². The molecule has 0 aromatic heterocycles. The third-order valence-corrected chi connectivity index (χ3v) is 18.2. The molecule has 0 bridgehead atoms. The summed E-state index contributed by atoms with van der Waals surface area (Å²) >= 11 is 0. The topological polar surface area (TPSA) is 75.3 Å². The second-order valence-corrected chi connectivity index (χ2v) is 26.2. The minimum Gasteiger partial charge on any atom is -0.437 e. The number of nitrogens with zero attached hydrogens (tertiary/aromatic N) is 2. The first-order chi connectivity index (χ1) is 13.1. The fourth-order valence-corrected chi connectivity index (χ4v) is 22.2. The molecule has 160 valence electrons. The fraction of sp³-hybridized carbons (Fsp3) is 0.600. The van der Waals surface area contributed by atoms with E-state index < -0.39 is 33.8 Å². The van der Waals surface area contributed by atoms with Gasteiger partial charge in [-0.25, -0.2) is 0 Å². The molecule has 29 heavy (non-hydrogen) atoms. The Bertz CT molecular complexity index is 790. The fourth-order valence-electron chi connectivity index (χ4n) is 3.74. The molecule has 0 spiro atoms. The van der Waals surface area contributed by atoms with Gasteiger partial charge in [0.2, 0.25) is 0 Å². The second kappa shape index (κ2) is 9.84. The Morgan fingerprint density at radius 2 is 1.31 bits per heavy atom. The number of nitriles is 2. The van der Waals surface area contributed by atoms with Gasteiger partial charge in [-0.05, 0) is 95.5 Å². The maximum Gasteiger partial charge on any atom is 0.312 e. The van der Waals surface area contributed by atoms with Crippen LogP contribution in [0.5, 0.6) is 0 Å². The van der Waals surface area contributed by atoms with E-state index in [4.69, 9.17) is 17.6 Å². The molecule has 0 N–H and O–H groups in total. The van der Waals surface area contributed by atoms with Gasteiger partial charge in [0.15, 0.2) is 16.6 Å². The van der Waals surface area contributed by atoms with Crippen molar-refractivity contribution >= 4 is 33.8 Å². The van der Waals surface area contributed by atoms with Gasteiger partial charge < -0.3 is 12.3 Å². The van der Waals surface area contributed by atoms with Gasteiger partial charge in [0, 0.05) is 0 Å². The lowest BCUT2D eigenvalue weighted by Crippen LogP contribution is -2.55. The van der Waals surface area contributed by atoms with Gasteiger partial charge in [0.25, 0.3) is 0 Å². The van der Waals surface area contributed by atoms with Gasteiger partial charge in [-0.2, -0.15) is 10.5 Å². The molecule has 0 aliphatic rings. The molecule has 0 aliphatic carbocycles. The normalized spacial score (nSPS) is 13.1. The summed E-state index contributed by atoms with van der Waals surface area (Å²) in [5.41, 5.74) is 1.98. The molecule has 0 aliphatic heterocycles. The molecule has 1 aromatic carbocycles. The van der Waals surface area contributed by atoms with Crippen LogP contribution in [0.15, 0.2) is 18.2 Å². The minimum absolute atomic E-state index is 0.437. The van der Waals surface area contributed by atoms with Crippen molar-refractivity contribution in [2.75, 3.05) is 0 Å². The second-order valence-electron chi connectivity index (χ2n) is 9.94. The third kappa shape index (κ3) is 10.0. The molecular weight excluding hydrogens is 429 g/mol. The van der Waals surface area contributed by atoms with E-state index in [1.165, 1.54) is 0 Å². The molecule has 0 saturated heterocycles. The molecule has 0 atom stereocenters. The average Bonchev–Trinajstić information content (AvgIpc) is 2.49. The highest BCUT2D eigenvalue weighted by molar-refractivity contribution is 6.89. The number of aryl methyl sites for hydroxylation is 1. The van der Waals surface area contributed by atoms with E-state index in [0.717, 1.165) is 24.4 Å². The monoisotopic (exact) mass is 464 g/mol. The molecule has 0 saturated carbocycles. The molecule has 9 heteroatoms. The summed E-state index contributed by atoms with van der Waals surface area (Å²) in [6.07, 6.45) is 1.87. The summed E-state index contributed by atoms with van der Waals surface area (Å²) in [4.78, 5) is 0. The van der Waals surface area contributed by atoms with Crippen LogP contribution in [0.1, 0.15) is 23.1 Å². The van der Waals surface area contributed by atoms with Crippen LogP contribution >= 0.6 is 0 Å². The highest BCUT2D eigenvalue weighted by atomic mass is 28.5. The lowest BCUT2D eigenvalue weighted by Gasteiger charge is -2.40. The largest absolute Gasteiger partial charge is 0.437 e.